The molecule has 1 heterocycles. The molecule has 0 spiro atoms. The average Bonchev–Trinajstić information content (AvgIpc) is 3.03. The largest absolute Gasteiger partial charge is 0.338 e. The smallest absolute Gasteiger partial charge is 0.227 e. The predicted molar refractivity (Wildman–Crippen MR) is 75.8 cm³/mol. The van der Waals surface area contributed by atoms with Gasteiger partial charge in [-0.25, -0.2) is 0 Å². The standard InChI is InChI=1S/C16H22N2O/c1-11-13(9-10-17-11)16(19)18(2)15-8-7-12-5-3-4-6-14(12)15/h3-6,11,13,15,17H,7-10H2,1-2H3. The van der Waals surface area contributed by atoms with E-state index >= 15 is 0 Å². The molecule has 3 heteroatoms. The first-order valence-corrected chi connectivity index (χ1v) is 7.26. The van der Waals surface area contributed by atoms with Crippen LogP contribution < -0.4 is 5.32 Å². The van der Waals surface area contributed by atoms with Crippen molar-refractivity contribution < 1.29 is 4.79 Å². The molecule has 2 aliphatic rings. The van der Waals surface area contributed by atoms with Gasteiger partial charge in [0.1, 0.15) is 0 Å². The normalized spacial score (nSPS) is 29.3. The van der Waals surface area contributed by atoms with E-state index in [-0.39, 0.29) is 12.0 Å². The molecule has 19 heavy (non-hydrogen) atoms. The van der Waals surface area contributed by atoms with E-state index in [0.717, 1.165) is 25.8 Å². The van der Waals surface area contributed by atoms with Gasteiger partial charge >= 0.3 is 0 Å². The number of hydrogen-bond acceptors (Lipinski definition) is 2. The van der Waals surface area contributed by atoms with E-state index in [1.54, 1.807) is 0 Å². The summed E-state index contributed by atoms with van der Waals surface area (Å²) in [5.41, 5.74) is 2.75. The second-order valence-electron chi connectivity index (χ2n) is 5.84. The molecule has 0 bridgehead atoms. The number of carbonyl (C=O) groups is 1. The first-order valence-electron chi connectivity index (χ1n) is 7.26. The SMILES string of the molecule is CC1NCCC1C(=O)N(C)C1CCc2ccccc21. The van der Waals surface area contributed by atoms with E-state index < -0.39 is 0 Å². The predicted octanol–water partition coefficient (Wildman–Crippen LogP) is 2.13. The van der Waals surface area contributed by atoms with Gasteiger partial charge in [-0.3, -0.25) is 4.79 Å². The maximum Gasteiger partial charge on any atom is 0.227 e. The summed E-state index contributed by atoms with van der Waals surface area (Å²) in [6.07, 6.45) is 3.13. The van der Waals surface area contributed by atoms with Crippen LogP contribution in [0.5, 0.6) is 0 Å². The fraction of sp³-hybridized carbons (Fsp3) is 0.562. The summed E-state index contributed by atoms with van der Waals surface area (Å²) in [7, 11) is 1.97. The van der Waals surface area contributed by atoms with Gasteiger partial charge in [0.15, 0.2) is 0 Å². The quantitative estimate of drug-likeness (QED) is 0.881. The minimum atomic E-state index is 0.151. The Morgan fingerprint density at radius 1 is 1.32 bits per heavy atom. The fourth-order valence-corrected chi connectivity index (χ4v) is 3.55. The molecule has 1 saturated heterocycles. The van der Waals surface area contributed by atoms with E-state index in [2.05, 4.69) is 36.5 Å². The third kappa shape index (κ3) is 2.16. The summed E-state index contributed by atoms with van der Waals surface area (Å²) >= 11 is 0. The highest BCUT2D eigenvalue weighted by atomic mass is 16.2. The monoisotopic (exact) mass is 258 g/mol. The molecule has 1 aromatic carbocycles. The Morgan fingerprint density at radius 2 is 2.11 bits per heavy atom. The maximum absolute atomic E-state index is 12.6. The van der Waals surface area contributed by atoms with Gasteiger partial charge in [0.05, 0.1) is 12.0 Å². The van der Waals surface area contributed by atoms with Crippen LogP contribution in [-0.4, -0.2) is 30.4 Å². The van der Waals surface area contributed by atoms with E-state index in [1.807, 2.05) is 11.9 Å². The molecular weight excluding hydrogens is 236 g/mol. The van der Waals surface area contributed by atoms with Crippen LogP contribution in [0.3, 0.4) is 0 Å². The molecule has 102 valence electrons. The molecule has 3 nitrogen and oxygen atoms in total. The van der Waals surface area contributed by atoms with Crippen molar-refractivity contribution >= 4 is 5.91 Å². The molecule has 0 saturated carbocycles. The zero-order valence-electron chi connectivity index (χ0n) is 11.7. The van der Waals surface area contributed by atoms with Crippen molar-refractivity contribution in [3.8, 4) is 0 Å². The zero-order valence-corrected chi connectivity index (χ0v) is 11.7. The number of fused-ring (bicyclic) bond motifs is 1. The number of benzene rings is 1. The second kappa shape index (κ2) is 4.97. The van der Waals surface area contributed by atoms with Gasteiger partial charge in [0.2, 0.25) is 5.91 Å². The Bertz CT molecular complexity index is 485. The van der Waals surface area contributed by atoms with Gasteiger partial charge in [0, 0.05) is 13.1 Å². The van der Waals surface area contributed by atoms with Crippen LogP contribution in [-0.2, 0) is 11.2 Å². The van der Waals surface area contributed by atoms with Crippen LogP contribution in [0.1, 0.15) is 36.9 Å². The summed E-state index contributed by atoms with van der Waals surface area (Å²) in [6.45, 7) is 3.08. The summed E-state index contributed by atoms with van der Waals surface area (Å²) in [4.78, 5) is 14.6. The number of rotatable bonds is 2. The van der Waals surface area contributed by atoms with E-state index in [4.69, 9.17) is 0 Å². The lowest BCUT2D eigenvalue weighted by atomic mass is 9.98. The molecule has 3 unspecified atom stereocenters. The van der Waals surface area contributed by atoms with E-state index in [0.29, 0.717) is 11.9 Å². The van der Waals surface area contributed by atoms with Gasteiger partial charge in [-0.15, -0.1) is 0 Å². The fourth-order valence-electron chi connectivity index (χ4n) is 3.55. The van der Waals surface area contributed by atoms with Crippen molar-refractivity contribution in [1.29, 1.82) is 0 Å². The van der Waals surface area contributed by atoms with Gasteiger partial charge in [-0.1, -0.05) is 24.3 Å². The summed E-state index contributed by atoms with van der Waals surface area (Å²) < 4.78 is 0. The van der Waals surface area contributed by atoms with E-state index in [9.17, 15) is 4.79 Å². The molecule has 1 aliphatic carbocycles. The van der Waals surface area contributed by atoms with Crippen LogP contribution >= 0.6 is 0 Å². The van der Waals surface area contributed by atoms with Crippen LogP contribution in [0.25, 0.3) is 0 Å². The highest BCUT2D eigenvalue weighted by Gasteiger charge is 2.35. The highest BCUT2D eigenvalue weighted by molar-refractivity contribution is 5.80. The molecular formula is C16H22N2O. The minimum Gasteiger partial charge on any atom is -0.338 e. The van der Waals surface area contributed by atoms with Gasteiger partial charge in [-0.05, 0) is 43.9 Å². The third-order valence-corrected chi connectivity index (χ3v) is 4.76. The van der Waals surface area contributed by atoms with Gasteiger partial charge in [0.25, 0.3) is 0 Å². The number of amides is 1. The molecule has 1 aliphatic heterocycles. The number of hydrogen-bond donors (Lipinski definition) is 1. The average molecular weight is 258 g/mol. The Balaban J connectivity index is 1.78. The van der Waals surface area contributed by atoms with Crippen molar-refractivity contribution in [3.05, 3.63) is 35.4 Å². The van der Waals surface area contributed by atoms with Crippen LogP contribution in [0.2, 0.25) is 0 Å². The number of nitrogens with zero attached hydrogens (tertiary/aromatic N) is 1. The topological polar surface area (TPSA) is 32.3 Å². The summed E-state index contributed by atoms with van der Waals surface area (Å²) in [5, 5.41) is 3.37. The number of carbonyl (C=O) groups excluding carboxylic acids is 1. The lowest BCUT2D eigenvalue weighted by molar-refractivity contribution is -0.136. The summed E-state index contributed by atoms with van der Waals surface area (Å²) in [5.74, 6) is 0.456. The zero-order chi connectivity index (χ0) is 13.4. The molecule has 1 aromatic rings. The molecule has 3 rings (SSSR count). The lowest BCUT2D eigenvalue weighted by Crippen LogP contribution is -2.39. The first kappa shape index (κ1) is 12.7. The minimum absolute atomic E-state index is 0.151. The van der Waals surface area contributed by atoms with E-state index in [1.165, 1.54) is 11.1 Å². The molecule has 0 aromatic heterocycles. The molecule has 0 radical (unpaired) electrons. The first-order chi connectivity index (χ1) is 9.18. The Kier molecular flexibility index (Phi) is 3.31. The molecule has 1 amide bonds. The van der Waals surface area contributed by atoms with Crippen molar-refractivity contribution in [2.75, 3.05) is 13.6 Å². The highest BCUT2D eigenvalue weighted by Crippen LogP contribution is 2.36. The summed E-state index contributed by atoms with van der Waals surface area (Å²) in [6, 6.07) is 9.12. The molecule has 3 atom stereocenters. The Morgan fingerprint density at radius 3 is 2.84 bits per heavy atom. The third-order valence-electron chi connectivity index (χ3n) is 4.76. The number of nitrogens with one attached hydrogen (secondary N) is 1. The molecule has 1 fully saturated rings. The van der Waals surface area contributed by atoms with Crippen LogP contribution in [0.4, 0.5) is 0 Å². The van der Waals surface area contributed by atoms with Crippen LogP contribution in [0.15, 0.2) is 24.3 Å². The van der Waals surface area contributed by atoms with Gasteiger partial charge in [-0.2, -0.15) is 0 Å². The van der Waals surface area contributed by atoms with Gasteiger partial charge < -0.3 is 10.2 Å². The number of aryl methyl sites for hydroxylation is 1. The Hall–Kier alpha value is -1.35. The van der Waals surface area contributed by atoms with Crippen molar-refractivity contribution in [2.24, 2.45) is 5.92 Å². The second-order valence-corrected chi connectivity index (χ2v) is 5.84. The van der Waals surface area contributed by atoms with Crippen molar-refractivity contribution in [3.63, 3.8) is 0 Å². The Labute approximate surface area is 115 Å². The van der Waals surface area contributed by atoms with Crippen molar-refractivity contribution in [2.45, 2.75) is 38.3 Å². The maximum atomic E-state index is 12.6. The van der Waals surface area contributed by atoms with Crippen LogP contribution in [0, 0.1) is 5.92 Å². The van der Waals surface area contributed by atoms with Crippen molar-refractivity contribution in [1.82, 2.24) is 10.2 Å². The molecule has 1 N–H and O–H groups in total. The lowest BCUT2D eigenvalue weighted by Gasteiger charge is -2.29.